The summed E-state index contributed by atoms with van der Waals surface area (Å²) < 4.78 is 0. The number of benzene rings is 1. The summed E-state index contributed by atoms with van der Waals surface area (Å²) in [6.45, 7) is 0. The van der Waals surface area contributed by atoms with E-state index in [2.05, 4.69) is 10.3 Å². The Morgan fingerprint density at radius 2 is 1.92 bits per heavy atom. The average Bonchev–Trinajstić information content (AvgIpc) is 2.91. The highest BCUT2D eigenvalue weighted by molar-refractivity contribution is 8.15. The van der Waals surface area contributed by atoms with Crippen LogP contribution in [0.1, 0.15) is 28.0 Å². The van der Waals surface area contributed by atoms with E-state index in [4.69, 9.17) is 0 Å². The number of ketones is 1. The summed E-state index contributed by atoms with van der Waals surface area (Å²) in [5.74, 6) is -0.184. The van der Waals surface area contributed by atoms with Crippen molar-refractivity contribution in [3.05, 3.63) is 65.5 Å². The number of Topliss-reactive ketones (excluding diaryl/α,β-unsaturated/α-hetero) is 1. The first kappa shape index (κ1) is 16.4. The predicted molar refractivity (Wildman–Crippen MR) is 92.0 cm³/mol. The van der Waals surface area contributed by atoms with Crippen LogP contribution in [0.3, 0.4) is 0 Å². The number of aryl methyl sites for hydroxylation is 1. The smallest absolute Gasteiger partial charge is 0.286 e. The van der Waals surface area contributed by atoms with Gasteiger partial charge in [0, 0.05) is 23.9 Å². The fraction of sp³-hybridized carbons (Fsp3) is 0.222. The van der Waals surface area contributed by atoms with Crippen molar-refractivity contribution in [3.63, 3.8) is 0 Å². The van der Waals surface area contributed by atoms with E-state index in [1.165, 1.54) is 0 Å². The Hall–Kier alpha value is -2.47. The van der Waals surface area contributed by atoms with Gasteiger partial charge in [0.1, 0.15) is 0 Å². The van der Waals surface area contributed by atoms with Crippen LogP contribution in [-0.2, 0) is 17.6 Å². The van der Waals surface area contributed by atoms with Gasteiger partial charge in [-0.25, -0.2) is 0 Å². The van der Waals surface area contributed by atoms with Crippen molar-refractivity contribution in [2.45, 2.75) is 24.5 Å². The van der Waals surface area contributed by atoms with Crippen LogP contribution in [0.2, 0.25) is 0 Å². The van der Waals surface area contributed by atoms with Gasteiger partial charge in [-0.3, -0.25) is 24.7 Å². The third kappa shape index (κ3) is 4.08. The number of nitrogens with one attached hydrogen (secondary N) is 1. The molecule has 1 unspecified atom stereocenters. The topological polar surface area (TPSA) is 76.1 Å². The Morgan fingerprint density at radius 3 is 2.54 bits per heavy atom. The minimum absolute atomic E-state index is 0.0652. The van der Waals surface area contributed by atoms with Gasteiger partial charge in [0.25, 0.3) is 5.24 Å². The van der Waals surface area contributed by atoms with E-state index in [1.54, 1.807) is 18.3 Å². The van der Waals surface area contributed by atoms with Gasteiger partial charge in [0.2, 0.25) is 5.91 Å². The zero-order valence-corrected chi connectivity index (χ0v) is 13.7. The van der Waals surface area contributed by atoms with E-state index >= 15 is 0 Å². The van der Waals surface area contributed by atoms with Gasteiger partial charge in [0.15, 0.2) is 5.78 Å². The van der Waals surface area contributed by atoms with E-state index in [0.717, 1.165) is 23.0 Å². The van der Waals surface area contributed by atoms with Crippen LogP contribution in [0.5, 0.6) is 0 Å². The van der Waals surface area contributed by atoms with Crippen LogP contribution < -0.4 is 5.32 Å². The molecule has 3 rings (SSSR count). The number of nitrogens with zero attached hydrogens (tertiary/aromatic N) is 1. The molecule has 122 valence electrons. The maximum atomic E-state index is 12.2. The van der Waals surface area contributed by atoms with Gasteiger partial charge >= 0.3 is 0 Å². The Kier molecular flexibility index (Phi) is 5.05. The molecule has 1 aromatic heterocycles. The summed E-state index contributed by atoms with van der Waals surface area (Å²) >= 11 is 1.01. The van der Waals surface area contributed by atoms with E-state index in [1.807, 2.05) is 30.3 Å². The zero-order chi connectivity index (χ0) is 16.9. The van der Waals surface area contributed by atoms with Crippen molar-refractivity contribution in [2.24, 2.45) is 0 Å². The van der Waals surface area contributed by atoms with Crippen molar-refractivity contribution in [1.82, 2.24) is 10.3 Å². The van der Waals surface area contributed by atoms with Gasteiger partial charge in [0.05, 0.1) is 5.25 Å². The predicted octanol–water partition coefficient (Wildman–Crippen LogP) is 2.79. The molecule has 2 heterocycles. The lowest BCUT2D eigenvalue weighted by Gasteiger charge is -2.06. The second-order valence-electron chi connectivity index (χ2n) is 5.53. The fourth-order valence-corrected chi connectivity index (χ4v) is 3.36. The molecule has 0 spiro atoms. The molecule has 1 aromatic carbocycles. The minimum Gasteiger partial charge on any atom is -0.294 e. The molecule has 6 heteroatoms. The number of carbonyl (C=O) groups excluding carboxylic acids is 3. The third-order valence-electron chi connectivity index (χ3n) is 3.80. The molecule has 2 amide bonds. The molecule has 0 bridgehead atoms. The van der Waals surface area contributed by atoms with E-state index < -0.39 is 0 Å². The standard InChI is InChI=1S/C18H16N2O3S/c21-15(9-8-14-3-1-2-10-19-14)13-6-4-12(5-7-13)11-16-17(22)20-18(23)24-16/h1-7,10,16H,8-9,11H2,(H,20,22,23). The van der Waals surface area contributed by atoms with Crippen LogP contribution in [0.25, 0.3) is 0 Å². The number of amides is 2. The molecule has 5 nitrogen and oxygen atoms in total. The number of hydrogen-bond donors (Lipinski definition) is 1. The molecular formula is C18H16N2O3S. The quantitative estimate of drug-likeness (QED) is 0.818. The Balaban J connectivity index is 1.56. The number of pyridine rings is 1. The average molecular weight is 340 g/mol. The number of rotatable bonds is 6. The molecule has 1 atom stereocenters. The van der Waals surface area contributed by atoms with Crippen LogP contribution in [-0.4, -0.2) is 27.2 Å². The molecule has 1 saturated heterocycles. The van der Waals surface area contributed by atoms with Crippen molar-refractivity contribution >= 4 is 28.7 Å². The summed E-state index contributed by atoms with van der Waals surface area (Å²) in [6, 6.07) is 12.9. The van der Waals surface area contributed by atoms with Crippen LogP contribution >= 0.6 is 11.8 Å². The first-order chi connectivity index (χ1) is 11.6. The summed E-state index contributed by atoms with van der Waals surface area (Å²) in [5, 5.41) is 1.59. The summed E-state index contributed by atoms with van der Waals surface area (Å²) in [4.78, 5) is 39.2. The molecule has 0 aliphatic carbocycles. The lowest BCUT2D eigenvalue weighted by atomic mass is 10.0. The SMILES string of the molecule is O=C1NC(=O)C(Cc2ccc(C(=O)CCc3ccccn3)cc2)S1. The molecule has 0 saturated carbocycles. The summed E-state index contributed by atoms with van der Waals surface area (Å²) in [7, 11) is 0. The summed E-state index contributed by atoms with van der Waals surface area (Å²) in [5.41, 5.74) is 2.48. The molecule has 0 radical (unpaired) electrons. The maximum absolute atomic E-state index is 12.2. The van der Waals surface area contributed by atoms with Crippen molar-refractivity contribution < 1.29 is 14.4 Å². The van der Waals surface area contributed by atoms with Crippen LogP contribution in [0.15, 0.2) is 48.7 Å². The van der Waals surface area contributed by atoms with Gasteiger partial charge in [-0.05, 0) is 30.5 Å². The van der Waals surface area contributed by atoms with E-state index in [9.17, 15) is 14.4 Å². The van der Waals surface area contributed by atoms with Crippen molar-refractivity contribution in [2.75, 3.05) is 0 Å². The molecule has 1 aliphatic heterocycles. The Labute approximate surface area is 143 Å². The highest BCUT2D eigenvalue weighted by atomic mass is 32.2. The third-order valence-corrected chi connectivity index (χ3v) is 4.78. The van der Waals surface area contributed by atoms with Gasteiger partial charge in [-0.1, -0.05) is 42.1 Å². The van der Waals surface area contributed by atoms with Crippen LogP contribution in [0.4, 0.5) is 4.79 Å². The van der Waals surface area contributed by atoms with Crippen LogP contribution in [0, 0.1) is 0 Å². The van der Waals surface area contributed by atoms with Gasteiger partial charge < -0.3 is 0 Å². The summed E-state index contributed by atoms with van der Waals surface area (Å²) in [6.07, 6.45) is 3.22. The second kappa shape index (κ2) is 7.40. The minimum atomic E-state index is -0.386. The fourth-order valence-electron chi connectivity index (χ4n) is 2.50. The lowest BCUT2D eigenvalue weighted by molar-refractivity contribution is -0.118. The maximum Gasteiger partial charge on any atom is 0.286 e. The van der Waals surface area contributed by atoms with Gasteiger partial charge in [-0.15, -0.1) is 0 Å². The molecule has 1 aliphatic rings. The van der Waals surface area contributed by atoms with Crippen molar-refractivity contribution in [1.29, 1.82) is 0 Å². The molecular weight excluding hydrogens is 324 g/mol. The number of aromatic nitrogens is 1. The largest absolute Gasteiger partial charge is 0.294 e. The normalized spacial score (nSPS) is 16.9. The first-order valence-corrected chi connectivity index (χ1v) is 8.53. The molecule has 1 fully saturated rings. The highest BCUT2D eigenvalue weighted by Crippen LogP contribution is 2.23. The first-order valence-electron chi connectivity index (χ1n) is 7.65. The molecule has 1 N–H and O–H groups in total. The van der Waals surface area contributed by atoms with Gasteiger partial charge in [-0.2, -0.15) is 0 Å². The highest BCUT2D eigenvalue weighted by Gasteiger charge is 2.31. The number of imide groups is 1. The Morgan fingerprint density at radius 1 is 1.12 bits per heavy atom. The zero-order valence-electron chi connectivity index (χ0n) is 12.9. The monoisotopic (exact) mass is 340 g/mol. The lowest BCUT2D eigenvalue weighted by Crippen LogP contribution is -2.25. The number of hydrogen-bond acceptors (Lipinski definition) is 5. The number of thioether (sulfide) groups is 1. The van der Waals surface area contributed by atoms with E-state index in [0.29, 0.717) is 24.8 Å². The molecule has 2 aromatic rings. The number of carbonyl (C=O) groups is 3. The molecule has 24 heavy (non-hydrogen) atoms. The van der Waals surface area contributed by atoms with E-state index in [-0.39, 0.29) is 22.2 Å². The second-order valence-corrected chi connectivity index (χ2v) is 6.70. The van der Waals surface area contributed by atoms with Crippen molar-refractivity contribution in [3.8, 4) is 0 Å². The Bertz CT molecular complexity index is 760.